The van der Waals surface area contributed by atoms with E-state index in [1.165, 1.54) is 0 Å². The second kappa shape index (κ2) is 8.11. The lowest BCUT2D eigenvalue weighted by Crippen LogP contribution is -2.17. The number of rotatable bonds is 5. The molecule has 2 aromatic heterocycles. The van der Waals surface area contributed by atoms with E-state index in [0.717, 1.165) is 16.9 Å². The van der Waals surface area contributed by atoms with Crippen molar-refractivity contribution < 1.29 is 4.79 Å². The van der Waals surface area contributed by atoms with E-state index in [2.05, 4.69) is 15.5 Å². The molecule has 6 nitrogen and oxygen atoms in total. The predicted molar refractivity (Wildman–Crippen MR) is 114 cm³/mol. The highest BCUT2D eigenvalue weighted by Crippen LogP contribution is 2.27. The van der Waals surface area contributed by atoms with Crippen molar-refractivity contribution in [3.8, 4) is 5.69 Å². The molecule has 0 unspecified atom stereocenters. The van der Waals surface area contributed by atoms with E-state index in [9.17, 15) is 4.79 Å². The Labute approximate surface area is 177 Å². The van der Waals surface area contributed by atoms with Gasteiger partial charge in [0.2, 0.25) is 0 Å². The van der Waals surface area contributed by atoms with Crippen molar-refractivity contribution in [2.45, 2.75) is 13.5 Å². The van der Waals surface area contributed by atoms with Crippen LogP contribution in [0, 0.1) is 6.92 Å². The molecule has 2 heterocycles. The van der Waals surface area contributed by atoms with E-state index in [1.807, 2.05) is 49.4 Å². The third kappa shape index (κ3) is 3.90. The molecule has 8 heteroatoms. The second-order valence-corrected chi connectivity index (χ2v) is 7.22. The monoisotopic (exact) mass is 425 g/mol. The molecule has 4 aromatic rings. The molecule has 0 fully saturated rings. The maximum Gasteiger partial charge on any atom is 0.260 e. The van der Waals surface area contributed by atoms with Crippen molar-refractivity contribution >= 4 is 34.9 Å². The van der Waals surface area contributed by atoms with Crippen LogP contribution in [0.3, 0.4) is 0 Å². The summed E-state index contributed by atoms with van der Waals surface area (Å²) >= 11 is 12.4. The number of halogens is 2. The van der Waals surface area contributed by atoms with Crippen LogP contribution in [0.5, 0.6) is 0 Å². The lowest BCUT2D eigenvalue weighted by molar-refractivity contribution is 0.102. The zero-order valence-corrected chi connectivity index (χ0v) is 17.0. The number of para-hydroxylation sites is 1. The molecule has 0 bridgehead atoms. The standard InChI is InChI=1S/C21H17Cl2N5O/c1-14-17(12-25-28(14)16-7-3-2-4-8-16)21(29)26-19-10-11-24-27(19)13-15-6-5-9-18(22)20(15)23/h2-12H,13H2,1H3,(H,26,29). The van der Waals surface area contributed by atoms with Crippen LogP contribution in [0.25, 0.3) is 5.69 Å². The number of amides is 1. The first-order valence-corrected chi connectivity index (χ1v) is 9.66. The number of benzene rings is 2. The molecule has 0 aliphatic rings. The summed E-state index contributed by atoms with van der Waals surface area (Å²) in [5.74, 6) is 0.293. The van der Waals surface area contributed by atoms with Crippen molar-refractivity contribution in [3.63, 3.8) is 0 Å². The highest BCUT2D eigenvalue weighted by Gasteiger charge is 2.17. The Kier molecular flexibility index (Phi) is 5.38. The Hall–Kier alpha value is -3.09. The van der Waals surface area contributed by atoms with E-state index in [0.29, 0.717) is 28.0 Å². The summed E-state index contributed by atoms with van der Waals surface area (Å²) < 4.78 is 3.39. The number of carbonyl (C=O) groups excluding carboxylic acids is 1. The van der Waals surface area contributed by atoms with Gasteiger partial charge in [0.1, 0.15) is 5.82 Å². The molecule has 0 aliphatic carbocycles. The molecular formula is C21H17Cl2N5O. The van der Waals surface area contributed by atoms with Crippen LogP contribution in [0.2, 0.25) is 10.0 Å². The zero-order chi connectivity index (χ0) is 20.4. The summed E-state index contributed by atoms with van der Waals surface area (Å²) in [6, 6.07) is 16.8. The van der Waals surface area contributed by atoms with Crippen LogP contribution in [0.1, 0.15) is 21.6 Å². The SMILES string of the molecule is Cc1c(C(=O)Nc2ccnn2Cc2cccc(Cl)c2Cl)cnn1-c1ccccc1. The third-order valence-electron chi connectivity index (χ3n) is 4.57. The average molecular weight is 426 g/mol. The van der Waals surface area contributed by atoms with E-state index in [-0.39, 0.29) is 5.91 Å². The lowest BCUT2D eigenvalue weighted by Gasteiger charge is -2.11. The van der Waals surface area contributed by atoms with Crippen LogP contribution < -0.4 is 5.32 Å². The smallest absolute Gasteiger partial charge is 0.260 e. The van der Waals surface area contributed by atoms with Crippen LogP contribution in [0.4, 0.5) is 5.82 Å². The van der Waals surface area contributed by atoms with E-state index < -0.39 is 0 Å². The van der Waals surface area contributed by atoms with Gasteiger partial charge in [0.25, 0.3) is 5.91 Å². The molecule has 0 radical (unpaired) electrons. The minimum absolute atomic E-state index is 0.261. The van der Waals surface area contributed by atoms with Crippen LogP contribution in [-0.4, -0.2) is 25.5 Å². The fourth-order valence-corrected chi connectivity index (χ4v) is 3.42. The fourth-order valence-electron chi connectivity index (χ4n) is 3.04. The highest BCUT2D eigenvalue weighted by atomic mass is 35.5. The van der Waals surface area contributed by atoms with Crippen LogP contribution in [-0.2, 0) is 6.54 Å². The fraction of sp³-hybridized carbons (Fsp3) is 0.0952. The van der Waals surface area contributed by atoms with Gasteiger partial charge < -0.3 is 5.32 Å². The van der Waals surface area contributed by atoms with Gasteiger partial charge in [-0.1, -0.05) is 53.5 Å². The number of anilines is 1. The topological polar surface area (TPSA) is 64.7 Å². The maximum absolute atomic E-state index is 12.9. The minimum atomic E-state index is -0.261. The molecule has 1 amide bonds. The molecule has 1 N–H and O–H groups in total. The molecule has 0 atom stereocenters. The van der Waals surface area contributed by atoms with Gasteiger partial charge >= 0.3 is 0 Å². The summed E-state index contributed by atoms with van der Waals surface area (Å²) in [6.07, 6.45) is 3.18. The van der Waals surface area contributed by atoms with Crippen molar-refractivity contribution in [1.82, 2.24) is 19.6 Å². The first-order chi connectivity index (χ1) is 14.0. The third-order valence-corrected chi connectivity index (χ3v) is 5.42. The van der Waals surface area contributed by atoms with E-state index >= 15 is 0 Å². The Morgan fingerprint density at radius 3 is 2.62 bits per heavy atom. The first-order valence-electron chi connectivity index (χ1n) is 8.90. The van der Waals surface area contributed by atoms with Gasteiger partial charge in [0, 0.05) is 6.07 Å². The van der Waals surface area contributed by atoms with Gasteiger partial charge in [-0.15, -0.1) is 0 Å². The number of hydrogen-bond acceptors (Lipinski definition) is 3. The van der Waals surface area contributed by atoms with Crippen molar-refractivity contribution in [2.75, 3.05) is 5.32 Å². The van der Waals surface area contributed by atoms with Crippen LogP contribution in [0.15, 0.2) is 67.0 Å². The summed E-state index contributed by atoms with van der Waals surface area (Å²) in [4.78, 5) is 12.9. The minimum Gasteiger partial charge on any atom is -0.307 e. The lowest BCUT2D eigenvalue weighted by atomic mass is 10.2. The number of nitrogens with zero attached hydrogens (tertiary/aromatic N) is 4. The Morgan fingerprint density at radius 1 is 1.03 bits per heavy atom. The molecule has 29 heavy (non-hydrogen) atoms. The molecule has 2 aromatic carbocycles. The van der Waals surface area contributed by atoms with E-state index in [4.69, 9.17) is 23.2 Å². The van der Waals surface area contributed by atoms with Gasteiger partial charge in [-0.2, -0.15) is 10.2 Å². The zero-order valence-electron chi connectivity index (χ0n) is 15.5. The largest absolute Gasteiger partial charge is 0.307 e. The average Bonchev–Trinajstić information content (AvgIpc) is 3.32. The molecule has 0 aliphatic heterocycles. The van der Waals surface area contributed by atoms with Crippen LogP contribution >= 0.6 is 23.2 Å². The number of aromatic nitrogens is 4. The van der Waals surface area contributed by atoms with Gasteiger partial charge in [-0.05, 0) is 30.7 Å². The van der Waals surface area contributed by atoms with E-state index in [1.54, 1.807) is 33.9 Å². The first kappa shape index (κ1) is 19.2. The predicted octanol–water partition coefficient (Wildman–Crippen LogP) is 4.98. The van der Waals surface area contributed by atoms with Gasteiger partial charge in [0.15, 0.2) is 0 Å². The van der Waals surface area contributed by atoms with Gasteiger partial charge in [0.05, 0.1) is 45.9 Å². The van der Waals surface area contributed by atoms with Crippen molar-refractivity contribution in [2.24, 2.45) is 0 Å². The summed E-state index contributed by atoms with van der Waals surface area (Å²) in [5, 5.41) is 12.5. The molecule has 146 valence electrons. The summed E-state index contributed by atoms with van der Waals surface area (Å²) in [5.41, 5.74) is 2.94. The molecule has 0 saturated carbocycles. The maximum atomic E-state index is 12.9. The second-order valence-electron chi connectivity index (χ2n) is 6.43. The summed E-state index contributed by atoms with van der Waals surface area (Å²) in [6.45, 7) is 2.24. The van der Waals surface area contributed by atoms with Crippen molar-refractivity contribution in [3.05, 3.63) is 93.9 Å². The Balaban J connectivity index is 1.56. The number of hydrogen-bond donors (Lipinski definition) is 1. The molecule has 4 rings (SSSR count). The molecule has 0 spiro atoms. The molecular weight excluding hydrogens is 409 g/mol. The number of carbonyl (C=O) groups is 1. The molecule has 0 saturated heterocycles. The number of nitrogens with one attached hydrogen (secondary N) is 1. The van der Waals surface area contributed by atoms with Gasteiger partial charge in [-0.25, -0.2) is 9.36 Å². The van der Waals surface area contributed by atoms with Crippen molar-refractivity contribution in [1.29, 1.82) is 0 Å². The highest BCUT2D eigenvalue weighted by molar-refractivity contribution is 6.42. The summed E-state index contributed by atoms with van der Waals surface area (Å²) in [7, 11) is 0. The Bertz CT molecular complexity index is 1170. The quantitative estimate of drug-likeness (QED) is 0.489. The Morgan fingerprint density at radius 2 is 1.83 bits per heavy atom. The van der Waals surface area contributed by atoms with Gasteiger partial charge in [-0.3, -0.25) is 4.79 Å². The normalized spacial score (nSPS) is 10.9.